The first-order valence-electron chi connectivity index (χ1n) is 3.38. The molecule has 0 aliphatic carbocycles. The molecule has 0 saturated heterocycles. The van der Waals surface area contributed by atoms with Gasteiger partial charge in [0.05, 0.1) is 0 Å². The molecule has 0 saturated carbocycles. The van der Waals surface area contributed by atoms with Crippen molar-refractivity contribution in [1.29, 1.82) is 0 Å². The summed E-state index contributed by atoms with van der Waals surface area (Å²) in [5.74, 6) is 0. The van der Waals surface area contributed by atoms with Gasteiger partial charge < -0.3 is 19.8 Å². The highest BCUT2D eigenvalue weighted by molar-refractivity contribution is 6.32. The Labute approximate surface area is 62.6 Å². The van der Waals surface area contributed by atoms with Crippen LogP contribution in [0.4, 0.5) is 0 Å². The van der Waals surface area contributed by atoms with E-state index in [1.54, 1.807) is 0 Å². The monoisotopic (exact) mass is 165 g/mol. The van der Waals surface area contributed by atoms with E-state index in [1.807, 2.05) is 6.92 Å². The van der Waals surface area contributed by atoms with Crippen LogP contribution in [-0.2, 0) is 4.43 Å². The van der Waals surface area contributed by atoms with Gasteiger partial charge in [0.1, 0.15) is 0 Å². The standard InChI is InChI=1S/C5H15NO3Si/c1-5(3-2-4-6)9-10(7)8/h5,7-8,10H,2-4,6H2,1H3. The van der Waals surface area contributed by atoms with Gasteiger partial charge in [0.15, 0.2) is 0 Å². The lowest BCUT2D eigenvalue weighted by atomic mass is 10.2. The highest BCUT2D eigenvalue weighted by atomic mass is 28.3. The highest BCUT2D eigenvalue weighted by Crippen LogP contribution is 1.99. The number of rotatable bonds is 5. The minimum atomic E-state index is -2.81. The van der Waals surface area contributed by atoms with Crippen LogP contribution in [0.15, 0.2) is 0 Å². The Kier molecular flexibility index (Phi) is 5.85. The van der Waals surface area contributed by atoms with E-state index in [0.717, 1.165) is 12.8 Å². The summed E-state index contributed by atoms with van der Waals surface area (Å²) in [5, 5.41) is 0. The first kappa shape index (κ1) is 10.1. The molecule has 0 aromatic rings. The molecule has 0 heterocycles. The van der Waals surface area contributed by atoms with Crippen molar-refractivity contribution in [3.8, 4) is 0 Å². The molecule has 4 N–H and O–H groups in total. The minimum absolute atomic E-state index is 0.0739. The van der Waals surface area contributed by atoms with Crippen LogP contribution in [0.25, 0.3) is 0 Å². The van der Waals surface area contributed by atoms with Crippen LogP contribution in [0.1, 0.15) is 19.8 Å². The van der Waals surface area contributed by atoms with E-state index >= 15 is 0 Å². The van der Waals surface area contributed by atoms with Crippen molar-refractivity contribution in [3.05, 3.63) is 0 Å². The predicted molar refractivity (Wildman–Crippen MR) is 40.4 cm³/mol. The van der Waals surface area contributed by atoms with E-state index in [1.165, 1.54) is 0 Å². The van der Waals surface area contributed by atoms with Crippen LogP contribution in [0.2, 0.25) is 0 Å². The van der Waals surface area contributed by atoms with Crippen molar-refractivity contribution < 1.29 is 14.0 Å². The second-order valence-electron chi connectivity index (χ2n) is 2.20. The Hall–Kier alpha value is 0.0569. The molecule has 0 fully saturated rings. The SMILES string of the molecule is CC(CCCN)O[SiH](O)O. The summed E-state index contributed by atoms with van der Waals surface area (Å²) in [6.45, 7) is 2.43. The van der Waals surface area contributed by atoms with Crippen molar-refractivity contribution in [3.63, 3.8) is 0 Å². The van der Waals surface area contributed by atoms with E-state index in [4.69, 9.17) is 19.8 Å². The summed E-state index contributed by atoms with van der Waals surface area (Å²) >= 11 is 0. The maximum Gasteiger partial charge on any atom is 0.478 e. The molecular formula is C5H15NO3Si. The fourth-order valence-electron chi connectivity index (χ4n) is 0.681. The van der Waals surface area contributed by atoms with Crippen LogP contribution in [-0.4, -0.2) is 31.8 Å². The van der Waals surface area contributed by atoms with Gasteiger partial charge in [0.25, 0.3) is 0 Å². The van der Waals surface area contributed by atoms with E-state index in [0.29, 0.717) is 6.54 Å². The molecule has 5 heteroatoms. The van der Waals surface area contributed by atoms with Crippen LogP contribution < -0.4 is 5.73 Å². The average Bonchev–Trinajstić information content (AvgIpc) is 1.82. The molecular weight excluding hydrogens is 150 g/mol. The van der Waals surface area contributed by atoms with E-state index in [2.05, 4.69) is 0 Å². The summed E-state index contributed by atoms with van der Waals surface area (Å²) in [5.41, 5.74) is 5.24. The Morgan fingerprint density at radius 2 is 2.20 bits per heavy atom. The normalized spacial score (nSPS) is 14.1. The fourth-order valence-corrected chi connectivity index (χ4v) is 1.23. The lowest BCUT2D eigenvalue weighted by Crippen LogP contribution is -2.24. The number of nitrogens with two attached hydrogens (primary N) is 1. The fraction of sp³-hybridized carbons (Fsp3) is 1.00. The Balaban J connectivity index is 3.16. The molecule has 0 aliphatic rings. The van der Waals surface area contributed by atoms with Crippen LogP contribution >= 0.6 is 0 Å². The van der Waals surface area contributed by atoms with E-state index < -0.39 is 9.53 Å². The zero-order valence-corrected chi connectivity index (χ0v) is 7.31. The van der Waals surface area contributed by atoms with Gasteiger partial charge in [-0.2, -0.15) is 0 Å². The molecule has 0 rings (SSSR count). The third-order valence-corrected chi connectivity index (χ3v) is 1.88. The van der Waals surface area contributed by atoms with Gasteiger partial charge in [-0.05, 0) is 26.3 Å². The van der Waals surface area contributed by atoms with Crippen molar-refractivity contribution in [1.82, 2.24) is 0 Å². The van der Waals surface area contributed by atoms with Gasteiger partial charge in [-0.25, -0.2) is 0 Å². The van der Waals surface area contributed by atoms with Gasteiger partial charge in [-0.3, -0.25) is 0 Å². The van der Waals surface area contributed by atoms with E-state index in [-0.39, 0.29) is 6.10 Å². The molecule has 0 radical (unpaired) electrons. The topological polar surface area (TPSA) is 75.7 Å². The first-order valence-corrected chi connectivity index (χ1v) is 4.89. The van der Waals surface area contributed by atoms with Crippen molar-refractivity contribution in [2.75, 3.05) is 6.54 Å². The molecule has 4 nitrogen and oxygen atoms in total. The summed E-state index contributed by atoms with van der Waals surface area (Å²) in [4.78, 5) is 16.9. The van der Waals surface area contributed by atoms with Crippen LogP contribution in [0, 0.1) is 0 Å². The Morgan fingerprint density at radius 3 is 2.60 bits per heavy atom. The third-order valence-electron chi connectivity index (χ3n) is 1.17. The van der Waals surface area contributed by atoms with Crippen molar-refractivity contribution in [2.24, 2.45) is 5.73 Å². The molecule has 0 aromatic carbocycles. The van der Waals surface area contributed by atoms with Gasteiger partial charge in [0.2, 0.25) is 0 Å². The smallest absolute Gasteiger partial charge is 0.392 e. The Morgan fingerprint density at radius 1 is 1.60 bits per heavy atom. The largest absolute Gasteiger partial charge is 0.478 e. The average molecular weight is 165 g/mol. The molecule has 0 bridgehead atoms. The van der Waals surface area contributed by atoms with Gasteiger partial charge in [-0.1, -0.05) is 0 Å². The summed E-state index contributed by atoms with van der Waals surface area (Å²) < 4.78 is 4.75. The maximum absolute atomic E-state index is 8.46. The first-order chi connectivity index (χ1) is 4.66. The van der Waals surface area contributed by atoms with Crippen molar-refractivity contribution in [2.45, 2.75) is 25.9 Å². The molecule has 0 spiro atoms. The second kappa shape index (κ2) is 5.81. The molecule has 0 aliphatic heterocycles. The minimum Gasteiger partial charge on any atom is -0.392 e. The lowest BCUT2D eigenvalue weighted by molar-refractivity contribution is 0.123. The maximum atomic E-state index is 8.46. The molecule has 1 atom stereocenters. The van der Waals surface area contributed by atoms with Crippen molar-refractivity contribution >= 4 is 9.53 Å². The number of hydrogen-bond donors (Lipinski definition) is 3. The molecule has 0 amide bonds. The molecule has 62 valence electrons. The molecule has 10 heavy (non-hydrogen) atoms. The quantitative estimate of drug-likeness (QED) is 0.449. The van der Waals surface area contributed by atoms with Crippen LogP contribution in [0.3, 0.4) is 0 Å². The van der Waals surface area contributed by atoms with Gasteiger partial charge in [0, 0.05) is 6.10 Å². The molecule has 1 unspecified atom stereocenters. The van der Waals surface area contributed by atoms with Crippen LogP contribution in [0.5, 0.6) is 0 Å². The zero-order valence-electron chi connectivity index (χ0n) is 6.16. The number of hydrogen-bond acceptors (Lipinski definition) is 4. The van der Waals surface area contributed by atoms with Gasteiger partial charge >= 0.3 is 9.53 Å². The highest BCUT2D eigenvalue weighted by Gasteiger charge is 2.08. The molecule has 0 aromatic heterocycles. The summed E-state index contributed by atoms with van der Waals surface area (Å²) in [6.07, 6.45) is 1.58. The van der Waals surface area contributed by atoms with E-state index in [9.17, 15) is 0 Å². The lowest BCUT2D eigenvalue weighted by Gasteiger charge is -2.11. The summed E-state index contributed by atoms with van der Waals surface area (Å²) in [7, 11) is -2.81. The zero-order chi connectivity index (χ0) is 7.98. The third kappa shape index (κ3) is 6.18. The predicted octanol–water partition coefficient (Wildman–Crippen LogP) is -1.17. The van der Waals surface area contributed by atoms with Gasteiger partial charge in [-0.15, -0.1) is 0 Å². The summed E-state index contributed by atoms with van der Waals surface area (Å²) in [6, 6.07) is 0. The Bertz CT molecular complexity index is 81.3. The second-order valence-corrected chi connectivity index (χ2v) is 3.13.